The number of aromatic nitrogens is 2. The van der Waals surface area contributed by atoms with E-state index in [0.29, 0.717) is 5.69 Å². The molecule has 6 nitrogen and oxygen atoms in total. The topological polar surface area (TPSA) is 59.4 Å². The van der Waals surface area contributed by atoms with Crippen LogP contribution in [-0.4, -0.2) is 46.3 Å². The summed E-state index contributed by atoms with van der Waals surface area (Å²) in [5, 5.41) is 7.45. The van der Waals surface area contributed by atoms with E-state index in [1.54, 1.807) is 16.9 Å². The van der Waals surface area contributed by atoms with Gasteiger partial charge in [-0.3, -0.25) is 4.79 Å². The van der Waals surface area contributed by atoms with E-state index in [0.717, 1.165) is 29.9 Å². The van der Waals surface area contributed by atoms with Crippen LogP contribution >= 0.6 is 15.9 Å². The third kappa shape index (κ3) is 9.87. The van der Waals surface area contributed by atoms with Crippen LogP contribution in [0.2, 0.25) is 0 Å². The lowest BCUT2D eigenvalue weighted by atomic mass is 10.2. The molecule has 1 amide bonds. The Morgan fingerprint density at radius 1 is 1.10 bits per heavy atom. The minimum absolute atomic E-state index is 0.0694. The number of rotatable bonds is 15. The van der Waals surface area contributed by atoms with Crippen LogP contribution in [0.4, 0.5) is 0 Å². The number of halogens is 1. The zero-order valence-corrected chi connectivity index (χ0v) is 20.7. The number of carbonyl (C=O) groups is 1. The van der Waals surface area contributed by atoms with Crippen molar-refractivity contribution in [2.24, 2.45) is 0 Å². The lowest BCUT2D eigenvalue weighted by molar-refractivity contribution is 0.0921. The minimum atomic E-state index is -0.142. The van der Waals surface area contributed by atoms with E-state index in [1.165, 1.54) is 38.5 Å². The molecule has 1 unspecified atom stereocenters. The minimum Gasteiger partial charge on any atom is -0.471 e. The fourth-order valence-corrected chi connectivity index (χ4v) is 3.69. The molecule has 1 aromatic heterocycles. The predicted molar refractivity (Wildman–Crippen MR) is 129 cm³/mol. The summed E-state index contributed by atoms with van der Waals surface area (Å²) < 4.78 is 8.34. The van der Waals surface area contributed by atoms with Gasteiger partial charge in [-0.25, -0.2) is 4.68 Å². The summed E-state index contributed by atoms with van der Waals surface area (Å²) in [7, 11) is 0. The molecule has 1 aromatic carbocycles. The van der Waals surface area contributed by atoms with Gasteiger partial charge in [-0.1, -0.05) is 55.5 Å². The van der Waals surface area contributed by atoms with Crippen molar-refractivity contribution in [2.75, 3.05) is 19.6 Å². The fourth-order valence-electron chi connectivity index (χ4n) is 3.42. The van der Waals surface area contributed by atoms with E-state index >= 15 is 0 Å². The molecule has 0 aliphatic carbocycles. The van der Waals surface area contributed by atoms with Crippen molar-refractivity contribution in [2.45, 2.75) is 72.1 Å². The summed E-state index contributed by atoms with van der Waals surface area (Å²) in [6.07, 6.45) is 9.15. The maximum Gasteiger partial charge on any atom is 0.272 e. The number of carbonyl (C=O) groups excluding carboxylic acids is 1. The lowest BCUT2D eigenvalue weighted by Gasteiger charge is -2.26. The van der Waals surface area contributed by atoms with Crippen molar-refractivity contribution < 1.29 is 9.53 Å². The molecule has 7 heteroatoms. The third-order valence-corrected chi connectivity index (χ3v) is 5.64. The SMILES string of the molecule is CCCCCN(CCCCC)CC(C)NC(=O)c1ccn(COc2ccc(Br)cc2)n1. The first-order valence-electron chi connectivity index (χ1n) is 11.5. The Morgan fingerprint density at radius 2 is 1.74 bits per heavy atom. The number of unbranched alkanes of at least 4 members (excludes halogenated alkanes) is 4. The maximum absolute atomic E-state index is 12.6. The first-order valence-corrected chi connectivity index (χ1v) is 12.3. The van der Waals surface area contributed by atoms with Crippen LogP contribution in [0.25, 0.3) is 0 Å². The Balaban J connectivity index is 1.81. The molecule has 172 valence electrons. The number of benzene rings is 1. The molecular weight excluding hydrogens is 456 g/mol. The van der Waals surface area contributed by atoms with E-state index in [9.17, 15) is 4.79 Å². The van der Waals surface area contributed by atoms with Crippen LogP contribution < -0.4 is 10.1 Å². The number of nitrogens with zero attached hydrogens (tertiary/aromatic N) is 3. The standard InChI is InChI=1S/C24H37BrN4O2/c1-4-6-8-15-28(16-9-7-5-2)18-20(3)26-24(30)23-14-17-29(27-23)19-31-22-12-10-21(25)11-13-22/h10-14,17,20H,4-9,15-16,18-19H2,1-3H3,(H,26,30). The zero-order valence-electron chi connectivity index (χ0n) is 19.1. The van der Waals surface area contributed by atoms with E-state index < -0.39 is 0 Å². The van der Waals surface area contributed by atoms with Crippen molar-refractivity contribution in [3.8, 4) is 5.75 Å². The van der Waals surface area contributed by atoms with E-state index in [4.69, 9.17) is 4.74 Å². The normalized spacial score (nSPS) is 12.2. The number of ether oxygens (including phenoxy) is 1. The van der Waals surface area contributed by atoms with Crippen molar-refractivity contribution in [3.05, 3.63) is 46.7 Å². The molecule has 0 fully saturated rings. The first-order chi connectivity index (χ1) is 15.0. The molecule has 0 spiro atoms. The van der Waals surface area contributed by atoms with Gasteiger partial charge in [0.2, 0.25) is 0 Å². The molecule has 1 atom stereocenters. The van der Waals surface area contributed by atoms with Gasteiger partial charge in [0.05, 0.1) is 0 Å². The van der Waals surface area contributed by atoms with Crippen LogP contribution in [0.15, 0.2) is 41.0 Å². The average molecular weight is 493 g/mol. The zero-order chi connectivity index (χ0) is 22.5. The average Bonchev–Trinajstić information content (AvgIpc) is 3.23. The van der Waals surface area contributed by atoms with Gasteiger partial charge in [0.15, 0.2) is 6.73 Å². The van der Waals surface area contributed by atoms with Crippen LogP contribution in [0, 0.1) is 0 Å². The van der Waals surface area contributed by atoms with Crippen LogP contribution in [0.5, 0.6) is 5.75 Å². The fraction of sp³-hybridized carbons (Fsp3) is 0.583. The van der Waals surface area contributed by atoms with Gasteiger partial charge < -0.3 is 15.0 Å². The Morgan fingerprint density at radius 3 is 2.35 bits per heavy atom. The highest BCUT2D eigenvalue weighted by molar-refractivity contribution is 9.10. The lowest BCUT2D eigenvalue weighted by Crippen LogP contribution is -2.42. The second-order valence-corrected chi connectivity index (χ2v) is 8.97. The van der Waals surface area contributed by atoms with Crippen LogP contribution in [0.1, 0.15) is 69.8 Å². The van der Waals surface area contributed by atoms with Crippen molar-refractivity contribution >= 4 is 21.8 Å². The molecule has 0 saturated carbocycles. The number of nitrogens with one attached hydrogen (secondary N) is 1. The van der Waals surface area contributed by atoms with Crippen LogP contribution in [-0.2, 0) is 6.73 Å². The molecule has 31 heavy (non-hydrogen) atoms. The highest BCUT2D eigenvalue weighted by Crippen LogP contribution is 2.16. The maximum atomic E-state index is 12.6. The Kier molecular flexibility index (Phi) is 11.7. The smallest absolute Gasteiger partial charge is 0.272 e. The molecule has 1 heterocycles. The summed E-state index contributed by atoms with van der Waals surface area (Å²) in [5.41, 5.74) is 0.412. The monoisotopic (exact) mass is 492 g/mol. The molecule has 0 saturated heterocycles. The van der Waals surface area contributed by atoms with Gasteiger partial charge in [-0.2, -0.15) is 5.10 Å². The summed E-state index contributed by atoms with van der Waals surface area (Å²) >= 11 is 3.41. The number of amides is 1. The van der Waals surface area contributed by atoms with E-state index in [1.807, 2.05) is 24.3 Å². The molecule has 0 radical (unpaired) electrons. The molecule has 2 aromatic rings. The summed E-state index contributed by atoms with van der Waals surface area (Å²) in [6, 6.07) is 9.41. The van der Waals surface area contributed by atoms with E-state index in [2.05, 4.69) is 52.0 Å². The second-order valence-electron chi connectivity index (χ2n) is 8.06. The van der Waals surface area contributed by atoms with Gasteiger partial charge >= 0.3 is 0 Å². The summed E-state index contributed by atoms with van der Waals surface area (Å²) in [4.78, 5) is 15.1. The highest BCUT2D eigenvalue weighted by atomic mass is 79.9. The highest BCUT2D eigenvalue weighted by Gasteiger charge is 2.15. The molecule has 0 aliphatic rings. The van der Waals surface area contributed by atoms with Crippen LogP contribution in [0.3, 0.4) is 0 Å². The quantitative estimate of drug-likeness (QED) is 0.334. The molecule has 2 rings (SSSR count). The molecular formula is C24H37BrN4O2. The largest absolute Gasteiger partial charge is 0.471 e. The number of hydrogen-bond acceptors (Lipinski definition) is 4. The second kappa shape index (κ2) is 14.2. The van der Waals surface area contributed by atoms with Gasteiger partial charge in [-0.15, -0.1) is 0 Å². The van der Waals surface area contributed by atoms with Gasteiger partial charge in [0.25, 0.3) is 5.91 Å². The van der Waals surface area contributed by atoms with Gasteiger partial charge in [0, 0.05) is 23.3 Å². The summed E-state index contributed by atoms with van der Waals surface area (Å²) in [6.45, 7) is 9.85. The predicted octanol–water partition coefficient (Wildman–Crippen LogP) is 5.48. The van der Waals surface area contributed by atoms with E-state index in [-0.39, 0.29) is 18.7 Å². The van der Waals surface area contributed by atoms with Crippen molar-refractivity contribution in [1.82, 2.24) is 20.0 Å². The molecule has 0 bridgehead atoms. The van der Waals surface area contributed by atoms with Gasteiger partial charge in [0.1, 0.15) is 11.4 Å². The first kappa shape index (κ1) is 25.4. The Labute approximate surface area is 195 Å². The Bertz CT molecular complexity index is 753. The third-order valence-electron chi connectivity index (χ3n) is 5.12. The number of hydrogen-bond donors (Lipinski definition) is 1. The molecule has 0 aliphatic heterocycles. The van der Waals surface area contributed by atoms with Gasteiger partial charge in [-0.05, 0) is 63.2 Å². The summed E-state index contributed by atoms with van der Waals surface area (Å²) in [5.74, 6) is 0.613. The Hall–Kier alpha value is -1.86. The van der Waals surface area contributed by atoms with Crippen molar-refractivity contribution in [3.63, 3.8) is 0 Å². The molecule has 1 N–H and O–H groups in total. The van der Waals surface area contributed by atoms with Crippen molar-refractivity contribution in [1.29, 1.82) is 0 Å².